The van der Waals surface area contributed by atoms with Gasteiger partial charge < -0.3 is 10.2 Å². The molecule has 0 aliphatic carbocycles. The van der Waals surface area contributed by atoms with E-state index < -0.39 is 17.5 Å². The fourth-order valence-electron chi connectivity index (χ4n) is 2.97. The van der Waals surface area contributed by atoms with E-state index in [0.29, 0.717) is 19.6 Å². The molecule has 2 amide bonds. The van der Waals surface area contributed by atoms with E-state index in [0.717, 1.165) is 35.7 Å². The van der Waals surface area contributed by atoms with Crippen LogP contribution < -0.4 is 5.32 Å². The zero-order valence-corrected chi connectivity index (χ0v) is 15.1. The highest BCUT2D eigenvalue weighted by Crippen LogP contribution is 2.31. The number of nitrogens with zero attached hydrogens (tertiary/aromatic N) is 2. The van der Waals surface area contributed by atoms with Crippen LogP contribution in [0.5, 0.6) is 0 Å². The maximum atomic E-state index is 13.8. The van der Waals surface area contributed by atoms with Crippen molar-refractivity contribution in [2.75, 3.05) is 13.1 Å². The lowest BCUT2D eigenvalue weighted by atomic mass is 9.97. The highest BCUT2D eigenvalue weighted by Gasteiger charge is 2.27. The van der Waals surface area contributed by atoms with E-state index in [1.807, 2.05) is 5.38 Å². The highest BCUT2D eigenvalue weighted by molar-refractivity contribution is 7.09. The van der Waals surface area contributed by atoms with Crippen molar-refractivity contribution >= 4 is 23.2 Å². The van der Waals surface area contributed by atoms with E-state index >= 15 is 0 Å². The van der Waals surface area contributed by atoms with E-state index in [2.05, 4.69) is 10.3 Å². The average molecular weight is 379 g/mol. The summed E-state index contributed by atoms with van der Waals surface area (Å²) in [5.41, 5.74) is 0.726. The summed E-state index contributed by atoms with van der Waals surface area (Å²) in [6.45, 7) is 2.87. The second-order valence-electron chi connectivity index (χ2n) is 6.28. The molecule has 1 aromatic carbocycles. The summed E-state index contributed by atoms with van der Waals surface area (Å²) in [7, 11) is 0. The zero-order chi connectivity index (χ0) is 18.7. The van der Waals surface area contributed by atoms with E-state index in [9.17, 15) is 18.4 Å². The molecule has 1 saturated heterocycles. The molecule has 138 valence electrons. The van der Waals surface area contributed by atoms with E-state index in [1.54, 1.807) is 16.2 Å². The number of carbonyl (C=O) groups is 2. The summed E-state index contributed by atoms with van der Waals surface area (Å²) in [4.78, 5) is 29.6. The quantitative estimate of drug-likeness (QED) is 0.888. The van der Waals surface area contributed by atoms with Gasteiger partial charge in [-0.05, 0) is 25.0 Å². The summed E-state index contributed by atoms with van der Waals surface area (Å²) < 4.78 is 26.8. The van der Waals surface area contributed by atoms with Gasteiger partial charge in [0.25, 0.3) is 5.91 Å². The molecular formula is C18H19F2N3O2S. The average Bonchev–Trinajstić information content (AvgIpc) is 3.09. The number of benzene rings is 1. The monoisotopic (exact) mass is 379 g/mol. The number of rotatable bonds is 4. The van der Waals surface area contributed by atoms with Crippen LogP contribution in [0.1, 0.15) is 46.7 Å². The normalized spacial score (nSPS) is 15.1. The number of carbonyl (C=O) groups excluding carboxylic acids is 2. The fraction of sp³-hybridized carbons (Fsp3) is 0.389. The van der Waals surface area contributed by atoms with Crippen molar-refractivity contribution in [2.45, 2.75) is 32.2 Å². The number of thiazole rings is 1. The van der Waals surface area contributed by atoms with E-state index in [-0.39, 0.29) is 17.4 Å². The van der Waals surface area contributed by atoms with E-state index in [4.69, 9.17) is 0 Å². The number of likely N-dealkylation sites (tertiary alicyclic amines) is 1. The van der Waals surface area contributed by atoms with Crippen molar-refractivity contribution in [1.29, 1.82) is 0 Å². The van der Waals surface area contributed by atoms with Crippen LogP contribution in [0.15, 0.2) is 23.6 Å². The molecule has 1 aliphatic heterocycles. The smallest absolute Gasteiger partial charge is 0.256 e. The third-order valence-electron chi connectivity index (χ3n) is 4.38. The van der Waals surface area contributed by atoms with Crippen molar-refractivity contribution in [1.82, 2.24) is 15.2 Å². The minimum Gasteiger partial charge on any atom is -0.351 e. The van der Waals surface area contributed by atoms with Crippen LogP contribution in [0, 0.1) is 11.6 Å². The zero-order valence-electron chi connectivity index (χ0n) is 14.3. The molecule has 0 saturated carbocycles. The van der Waals surface area contributed by atoms with Crippen LogP contribution in [0.25, 0.3) is 0 Å². The third-order valence-corrected chi connectivity index (χ3v) is 5.44. The molecule has 0 spiro atoms. The summed E-state index contributed by atoms with van der Waals surface area (Å²) >= 11 is 1.55. The van der Waals surface area contributed by atoms with Crippen LogP contribution in [-0.2, 0) is 11.3 Å². The molecule has 1 N–H and O–H groups in total. The Morgan fingerprint density at radius 1 is 1.31 bits per heavy atom. The predicted octanol–water partition coefficient (Wildman–Crippen LogP) is 3.08. The van der Waals surface area contributed by atoms with Gasteiger partial charge in [0, 0.05) is 37.4 Å². The third kappa shape index (κ3) is 4.24. The van der Waals surface area contributed by atoms with Gasteiger partial charge in [0.1, 0.15) is 11.6 Å². The molecule has 1 aromatic heterocycles. The van der Waals surface area contributed by atoms with Crippen molar-refractivity contribution in [3.05, 3.63) is 51.5 Å². The van der Waals surface area contributed by atoms with Crippen molar-refractivity contribution < 1.29 is 18.4 Å². The van der Waals surface area contributed by atoms with Gasteiger partial charge in [-0.15, -0.1) is 11.3 Å². The molecule has 2 aromatic rings. The Morgan fingerprint density at radius 2 is 2.04 bits per heavy atom. The van der Waals surface area contributed by atoms with Gasteiger partial charge in [-0.2, -0.15) is 0 Å². The minimum atomic E-state index is -0.834. The molecule has 1 fully saturated rings. The predicted molar refractivity (Wildman–Crippen MR) is 93.9 cm³/mol. The standard InChI is InChI=1S/C18H19F2N3O2S/c1-11(24)21-9-14-10-26-17(22-14)12-4-6-23(7-5-12)18(25)15-3-2-13(19)8-16(15)20/h2-3,8,10,12H,4-7,9H2,1H3,(H,21,24). The Balaban J connectivity index is 1.58. The first-order chi connectivity index (χ1) is 12.4. The van der Waals surface area contributed by atoms with Crippen LogP contribution >= 0.6 is 11.3 Å². The SMILES string of the molecule is CC(=O)NCc1csc(C2CCN(C(=O)c3ccc(F)cc3F)CC2)n1. The van der Waals surface area contributed by atoms with Crippen molar-refractivity contribution in [2.24, 2.45) is 0 Å². The Morgan fingerprint density at radius 3 is 2.69 bits per heavy atom. The number of nitrogens with one attached hydrogen (secondary N) is 1. The van der Waals surface area contributed by atoms with Gasteiger partial charge in [-0.1, -0.05) is 0 Å². The maximum Gasteiger partial charge on any atom is 0.256 e. The summed E-state index contributed by atoms with van der Waals surface area (Å²) in [6, 6.07) is 3.01. The van der Waals surface area contributed by atoms with Crippen LogP contribution in [0.3, 0.4) is 0 Å². The molecule has 0 radical (unpaired) electrons. The lowest BCUT2D eigenvalue weighted by Gasteiger charge is -2.31. The first kappa shape index (κ1) is 18.4. The first-order valence-corrected chi connectivity index (χ1v) is 9.25. The number of aromatic nitrogens is 1. The number of hydrogen-bond donors (Lipinski definition) is 1. The lowest BCUT2D eigenvalue weighted by Crippen LogP contribution is -2.38. The topological polar surface area (TPSA) is 62.3 Å². The van der Waals surface area contributed by atoms with Crippen LogP contribution in [0.4, 0.5) is 8.78 Å². The van der Waals surface area contributed by atoms with Gasteiger partial charge in [0.05, 0.1) is 22.8 Å². The Kier molecular flexibility index (Phi) is 5.61. The molecular weight excluding hydrogens is 360 g/mol. The Labute approximate surface area is 154 Å². The number of amides is 2. The Hall–Kier alpha value is -2.35. The molecule has 26 heavy (non-hydrogen) atoms. The van der Waals surface area contributed by atoms with E-state index in [1.165, 1.54) is 13.0 Å². The molecule has 0 bridgehead atoms. The van der Waals surface area contributed by atoms with Gasteiger partial charge in [-0.3, -0.25) is 9.59 Å². The van der Waals surface area contributed by atoms with Gasteiger partial charge in [-0.25, -0.2) is 13.8 Å². The molecule has 3 rings (SSSR count). The largest absolute Gasteiger partial charge is 0.351 e. The molecule has 0 unspecified atom stereocenters. The minimum absolute atomic E-state index is 0.0978. The van der Waals surface area contributed by atoms with Crippen molar-refractivity contribution in [3.63, 3.8) is 0 Å². The second-order valence-corrected chi connectivity index (χ2v) is 7.17. The summed E-state index contributed by atoms with van der Waals surface area (Å²) in [6.07, 6.45) is 1.48. The fourth-order valence-corrected chi connectivity index (χ4v) is 3.96. The maximum absolute atomic E-state index is 13.8. The van der Waals surface area contributed by atoms with Crippen LogP contribution in [0.2, 0.25) is 0 Å². The molecule has 1 aliphatic rings. The number of hydrogen-bond acceptors (Lipinski definition) is 4. The summed E-state index contributed by atoms with van der Waals surface area (Å²) in [5, 5.41) is 5.64. The molecule has 8 heteroatoms. The number of halogens is 2. The first-order valence-electron chi connectivity index (χ1n) is 8.37. The lowest BCUT2D eigenvalue weighted by molar-refractivity contribution is -0.119. The molecule has 0 atom stereocenters. The Bertz CT molecular complexity index is 817. The van der Waals surface area contributed by atoms with Gasteiger partial charge in [0.15, 0.2) is 0 Å². The van der Waals surface area contributed by atoms with Crippen LogP contribution in [-0.4, -0.2) is 34.8 Å². The van der Waals surface area contributed by atoms with Gasteiger partial charge in [0.2, 0.25) is 5.91 Å². The summed E-state index contributed by atoms with van der Waals surface area (Å²) in [5.74, 6) is -1.80. The van der Waals surface area contributed by atoms with Gasteiger partial charge >= 0.3 is 0 Å². The highest BCUT2D eigenvalue weighted by atomic mass is 32.1. The number of piperidine rings is 1. The van der Waals surface area contributed by atoms with Crippen molar-refractivity contribution in [3.8, 4) is 0 Å². The molecule has 2 heterocycles. The second kappa shape index (κ2) is 7.90. The molecule has 5 nitrogen and oxygen atoms in total.